The number of aryl methyl sites for hydroxylation is 1. The number of aromatic nitrogens is 2. The molecule has 1 aromatic rings. The number of ether oxygens (including phenoxy) is 1. The third-order valence-electron chi connectivity index (χ3n) is 2.19. The lowest BCUT2D eigenvalue weighted by atomic mass is 10.4. The zero-order valence-electron chi connectivity index (χ0n) is 9.19. The van der Waals surface area contributed by atoms with Crippen LogP contribution in [-0.2, 0) is 16.1 Å². The maximum Gasteiger partial charge on any atom is 0.306 e. The lowest BCUT2D eigenvalue weighted by Crippen LogP contribution is -2.23. The molecule has 1 heterocycles. The molecule has 0 aliphatic rings. The molecule has 0 saturated carbocycles. The quantitative estimate of drug-likeness (QED) is 0.544. The van der Waals surface area contributed by atoms with Crippen molar-refractivity contribution in [3.8, 4) is 0 Å². The van der Waals surface area contributed by atoms with Crippen LogP contribution in [-0.4, -0.2) is 35.7 Å². The highest BCUT2D eigenvalue weighted by Crippen LogP contribution is 1.93. The van der Waals surface area contributed by atoms with Gasteiger partial charge in [0.15, 0.2) is 0 Å². The number of rotatable bonds is 6. The molecule has 1 N–H and O–H groups in total. The van der Waals surface area contributed by atoms with Crippen LogP contribution >= 0.6 is 0 Å². The minimum atomic E-state index is -0.179. The van der Waals surface area contributed by atoms with Gasteiger partial charge in [0.05, 0.1) is 13.5 Å². The molecule has 0 unspecified atom stereocenters. The molecule has 1 aromatic heterocycles. The third kappa shape index (κ3) is 4.12. The summed E-state index contributed by atoms with van der Waals surface area (Å²) in [4.78, 5) is 14.9. The summed E-state index contributed by atoms with van der Waals surface area (Å²) in [6.45, 7) is 4.32. The number of methoxy groups -OCH3 is 1. The first kappa shape index (κ1) is 11.7. The van der Waals surface area contributed by atoms with Crippen molar-refractivity contribution in [3.05, 3.63) is 18.2 Å². The minimum Gasteiger partial charge on any atom is -0.469 e. The van der Waals surface area contributed by atoms with Crippen LogP contribution in [0.5, 0.6) is 0 Å². The predicted molar refractivity (Wildman–Crippen MR) is 56.5 cm³/mol. The second-order valence-corrected chi connectivity index (χ2v) is 3.24. The van der Waals surface area contributed by atoms with Gasteiger partial charge >= 0.3 is 5.97 Å². The number of imidazole rings is 1. The highest BCUT2D eigenvalue weighted by atomic mass is 16.5. The molecule has 15 heavy (non-hydrogen) atoms. The summed E-state index contributed by atoms with van der Waals surface area (Å²) >= 11 is 0. The fraction of sp³-hybridized carbons (Fsp3) is 0.600. The number of nitrogens with one attached hydrogen (secondary N) is 1. The summed E-state index contributed by atoms with van der Waals surface area (Å²) in [5.41, 5.74) is 0. The molecule has 0 spiro atoms. The van der Waals surface area contributed by atoms with E-state index in [2.05, 4.69) is 19.6 Å². The zero-order chi connectivity index (χ0) is 11.1. The van der Waals surface area contributed by atoms with Gasteiger partial charge in [-0.2, -0.15) is 0 Å². The number of nitrogens with zero attached hydrogens (tertiary/aromatic N) is 2. The van der Waals surface area contributed by atoms with Gasteiger partial charge in [-0.15, -0.1) is 0 Å². The molecule has 0 bridgehead atoms. The Bertz CT molecular complexity index is 309. The molecule has 5 heteroatoms. The zero-order valence-corrected chi connectivity index (χ0v) is 9.19. The van der Waals surface area contributed by atoms with Crippen molar-refractivity contribution in [1.29, 1.82) is 0 Å². The van der Waals surface area contributed by atoms with E-state index in [9.17, 15) is 4.79 Å². The maximum atomic E-state index is 10.8. The highest BCUT2D eigenvalue weighted by Gasteiger charge is 1.99. The summed E-state index contributed by atoms with van der Waals surface area (Å²) in [6.07, 6.45) is 4.14. The van der Waals surface area contributed by atoms with Crippen LogP contribution in [0.2, 0.25) is 0 Å². The molecule has 0 saturated heterocycles. The second-order valence-electron chi connectivity index (χ2n) is 3.24. The number of carbonyl (C=O) groups is 1. The van der Waals surface area contributed by atoms with Gasteiger partial charge in [-0.3, -0.25) is 4.79 Å². The van der Waals surface area contributed by atoms with E-state index in [1.165, 1.54) is 7.11 Å². The van der Waals surface area contributed by atoms with Crippen LogP contribution in [0.15, 0.2) is 12.4 Å². The Morgan fingerprint density at radius 1 is 1.60 bits per heavy atom. The standard InChI is InChI=1S/C10H17N3O2/c1-9-12-6-8-13(9)7-5-11-4-3-10(14)15-2/h6,8,11H,3-5,7H2,1-2H3. The predicted octanol–water partition coefficient (Wildman–Crippen LogP) is 0.344. The van der Waals surface area contributed by atoms with Crippen molar-refractivity contribution in [3.63, 3.8) is 0 Å². The summed E-state index contributed by atoms with van der Waals surface area (Å²) in [5, 5.41) is 3.17. The van der Waals surface area contributed by atoms with E-state index >= 15 is 0 Å². The molecule has 0 amide bonds. The molecular formula is C10H17N3O2. The van der Waals surface area contributed by atoms with Gasteiger partial charge < -0.3 is 14.6 Å². The molecule has 0 radical (unpaired) electrons. The van der Waals surface area contributed by atoms with Crippen molar-refractivity contribution >= 4 is 5.97 Å². The fourth-order valence-electron chi connectivity index (χ4n) is 1.26. The van der Waals surface area contributed by atoms with E-state index in [4.69, 9.17) is 0 Å². The number of esters is 1. The van der Waals surface area contributed by atoms with Gasteiger partial charge in [0, 0.05) is 32.0 Å². The average Bonchev–Trinajstić information content (AvgIpc) is 2.63. The Kier molecular flexibility index (Phi) is 4.83. The summed E-state index contributed by atoms with van der Waals surface area (Å²) in [6, 6.07) is 0. The smallest absolute Gasteiger partial charge is 0.306 e. The average molecular weight is 211 g/mol. The SMILES string of the molecule is COC(=O)CCNCCn1ccnc1C. The first-order valence-electron chi connectivity index (χ1n) is 4.99. The highest BCUT2D eigenvalue weighted by molar-refractivity contribution is 5.69. The molecule has 0 aliphatic heterocycles. The van der Waals surface area contributed by atoms with E-state index in [1.54, 1.807) is 6.20 Å². The number of hydrogen-bond donors (Lipinski definition) is 1. The molecule has 84 valence electrons. The number of carbonyl (C=O) groups excluding carboxylic acids is 1. The normalized spacial score (nSPS) is 10.3. The van der Waals surface area contributed by atoms with Crippen molar-refractivity contribution in [2.24, 2.45) is 0 Å². The van der Waals surface area contributed by atoms with Crippen LogP contribution in [0.3, 0.4) is 0 Å². The van der Waals surface area contributed by atoms with Gasteiger partial charge in [-0.1, -0.05) is 0 Å². The van der Waals surface area contributed by atoms with Crippen molar-refractivity contribution in [2.75, 3.05) is 20.2 Å². The third-order valence-corrected chi connectivity index (χ3v) is 2.19. The van der Waals surface area contributed by atoms with Crippen molar-refractivity contribution in [2.45, 2.75) is 19.9 Å². The maximum absolute atomic E-state index is 10.8. The van der Waals surface area contributed by atoms with E-state index in [0.717, 1.165) is 18.9 Å². The van der Waals surface area contributed by atoms with E-state index < -0.39 is 0 Å². The Labute approximate surface area is 89.4 Å². The van der Waals surface area contributed by atoms with Crippen molar-refractivity contribution in [1.82, 2.24) is 14.9 Å². The minimum absolute atomic E-state index is 0.179. The molecule has 0 atom stereocenters. The Morgan fingerprint density at radius 2 is 2.40 bits per heavy atom. The van der Waals surface area contributed by atoms with Gasteiger partial charge in [-0.25, -0.2) is 4.98 Å². The molecular weight excluding hydrogens is 194 g/mol. The summed E-state index contributed by atoms with van der Waals surface area (Å²) in [5.74, 6) is 0.825. The Morgan fingerprint density at radius 3 is 3.00 bits per heavy atom. The molecule has 0 aromatic carbocycles. The molecule has 5 nitrogen and oxygen atoms in total. The van der Waals surface area contributed by atoms with Crippen LogP contribution in [0.25, 0.3) is 0 Å². The first-order valence-corrected chi connectivity index (χ1v) is 4.99. The van der Waals surface area contributed by atoms with Gasteiger partial charge in [0.25, 0.3) is 0 Å². The van der Waals surface area contributed by atoms with Crippen LogP contribution in [0.1, 0.15) is 12.2 Å². The topological polar surface area (TPSA) is 56.1 Å². The van der Waals surface area contributed by atoms with E-state index in [1.807, 2.05) is 13.1 Å². The largest absolute Gasteiger partial charge is 0.469 e. The Balaban J connectivity index is 2.07. The lowest BCUT2D eigenvalue weighted by molar-refractivity contribution is -0.140. The molecule has 1 rings (SSSR count). The van der Waals surface area contributed by atoms with Crippen LogP contribution < -0.4 is 5.32 Å². The van der Waals surface area contributed by atoms with Gasteiger partial charge in [0.1, 0.15) is 5.82 Å². The molecule has 0 fully saturated rings. The second kappa shape index (κ2) is 6.19. The lowest BCUT2D eigenvalue weighted by Gasteiger charge is -2.06. The van der Waals surface area contributed by atoms with Crippen molar-refractivity contribution < 1.29 is 9.53 Å². The van der Waals surface area contributed by atoms with Gasteiger partial charge in [-0.05, 0) is 6.92 Å². The van der Waals surface area contributed by atoms with Gasteiger partial charge in [0.2, 0.25) is 0 Å². The molecule has 0 aliphatic carbocycles. The van der Waals surface area contributed by atoms with E-state index in [-0.39, 0.29) is 5.97 Å². The number of hydrogen-bond acceptors (Lipinski definition) is 4. The van der Waals surface area contributed by atoms with Crippen LogP contribution in [0, 0.1) is 6.92 Å². The fourth-order valence-corrected chi connectivity index (χ4v) is 1.26. The van der Waals surface area contributed by atoms with E-state index in [0.29, 0.717) is 13.0 Å². The Hall–Kier alpha value is -1.36. The monoisotopic (exact) mass is 211 g/mol. The summed E-state index contributed by atoms with van der Waals surface area (Å²) in [7, 11) is 1.40. The van der Waals surface area contributed by atoms with Crippen LogP contribution in [0.4, 0.5) is 0 Å². The first-order chi connectivity index (χ1) is 7.24. The summed E-state index contributed by atoms with van der Waals surface area (Å²) < 4.78 is 6.59.